The lowest BCUT2D eigenvalue weighted by Gasteiger charge is -2.28. The van der Waals surface area contributed by atoms with Crippen LogP contribution in [0.5, 0.6) is 11.5 Å². The number of nitrogens with one attached hydrogen (secondary N) is 1. The van der Waals surface area contributed by atoms with Crippen molar-refractivity contribution in [1.82, 2.24) is 5.32 Å². The van der Waals surface area contributed by atoms with Crippen LogP contribution in [0.1, 0.15) is 24.4 Å². The minimum Gasteiger partial charge on any atom is -0.497 e. The zero-order chi connectivity index (χ0) is 13.0. The lowest BCUT2D eigenvalue weighted by molar-refractivity contribution is 0.320. The van der Waals surface area contributed by atoms with Gasteiger partial charge in [0.1, 0.15) is 11.5 Å². The standard InChI is InChI=1S/C14H22N2O2/c1-17-12-7-11(8-13(9-12)18-2)14(15)10-3-5-16-6-4-10/h7-10,14,16H,3-6,15H2,1-2H3/t14-/m1/s1. The quantitative estimate of drug-likeness (QED) is 0.854. The van der Waals surface area contributed by atoms with Gasteiger partial charge in [0.2, 0.25) is 0 Å². The molecule has 0 unspecified atom stereocenters. The van der Waals surface area contributed by atoms with Crippen molar-refractivity contribution in [2.45, 2.75) is 18.9 Å². The number of methoxy groups -OCH3 is 2. The Morgan fingerprint density at radius 3 is 2.17 bits per heavy atom. The highest BCUT2D eigenvalue weighted by Crippen LogP contribution is 2.31. The second kappa shape index (κ2) is 6.07. The summed E-state index contributed by atoms with van der Waals surface area (Å²) in [5.41, 5.74) is 7.47. The molecular formula is C14H22N2O2. The van der Waals surface area contributed by atoms with E-state index in [-0.39, 0.29) is 6.04 Å². The van der Waals surface area contributed by atoms with Gasteiger partial charge in [-0.1, -0.05) is 0 Å². The Balaban J connectivity index is 2.19. The summed E-state index contributed by atoms with van der Waals surface area (Å²) in [5, 5.41) is 3.36. The van der Waals surface area contributed by atoms with Gasteiger partial charge in [-0.05, 0) is 49.5 Å². The van der Waals surface area contributed by atoms with Gasteiger partial charge in [-0.15, -0.1) is 0 Å². The van der Waals surface area contributed by atoms with Crippen LogP contribution in [-0.4, -0.2) is 27.3 Å². The summed E-state index contributed by atoms with van der Waals surface area (Å²) < 4.78 is 10.6. The lowest BCUT2D eigenvalue weighted by Crippen LogP contribution is -2.33. The molecule has 1 heterocycles. The van der Waals surface area contributed by atoms with E-state index in [2.05, 4.69) is 5.32 Å². The first-order valence-corrected chi connectivity index (χ1v) is 6.44. The second-order valence-electron chi connectivity index (χ2n) is 4.76. The molecule has 1 aromatic carbocycles. The van der Waals surface area contributed by atoms with Crippen LogP contribution in [0.15, 0.2) is 18.2 Å². The van der Waals surface area contributed by atoms with Crippen molar-refractivity contribution < 1.29 is 9.47 Å². The van der Waals surface area contributed by atoms with E-state index in [1.54, 1.807) is 14.2 Å². The summed E-state index contributed by atoms with van der Waals surface area (Å²) in [6.07, 6.45) is 2.25. The van der Waals surface area contributed by atoms with Gasteiger partial charge in [0.25, 0.3) is 0 Å². The maximum Gasteiger partial charge on any atom is 0.122 e. The van der Waals surface area contributed by atoms with Crippen molar-refractivity contribution >= 4 is 0 Å². The monoisotopic (exact) mass is 250 g/mol. The number of piperidine rings is 1. The molecule has 0 radical (unpaired) electrons. The molecule has 100 valence electrons. The average molecular weight is 250 g/mol. The Hall–Kier alpha value is -1.26. The predicted molar refractivity (Wildman–Crippen MR) is 72.1 cm³/mol. The van der Waals surface area contributed by atoms with Crippen molar-refractivity contribution in [1.29, 1.82) is 0 Å². The topological polar surface area (TPSA) is 56.5 Å². The minimum absolute atomic E-state index is 0.0519. The molecule has 0 saturated carbocycles. The maximum atomic E-state index is 6.38. The number of benzene rings is 1. The fourth-order valence-corrected chi connectivity index (χ4v) is 2.50. The molecule has 3 N–H and O–H groups in total. The van der Waals surface area contributed by atoms with E-state index in [0.29, 0.717) is 5.92 Å². The van der Waals surface area contributed by atoms with Gasteiger partial charge >= 0.3 is 0 Å². The Morgan fingerprint density at radius 2 is 1.67 bits per heavy atom. The first kappa shape index (κ1) is 13.2. The molecule has 1 fully saturated rings. The molecule has 18 heavy (non-hydrogen) atoms. The van der Waals surface area contributed by atoms with Crippen molar-refractivity contribution in [2.75, 3.05) is 27.3 Å². The molecule has 4 heteroatoms. The van der Waals surface area contributed by atoms with Crippen LogP contribution in [0.3, 0.4) is 0 Å². The molecule has 4 nitrogen and oxygen atoms in total. The number of hydrogen-bond acceptors (Lipinski definition) is 4. The largest absolute Gasteiger partial charge is 0.497 e. The highest BCUT2D eigenvalue weighted by Gasteiger charge is 2.22. The molecule has 0 aliphatic carbocycles. The summed E-state index contributed by atoms with van der Waals surface area (Å²) in [5.74, 6) is 2.13. The summed E-state index contributed by atoms with van der Waals surface area (Å²) in [4.78, 5) is 0. The van der Waals surface area contributed by atoms with Gasteiger partial charge in [0.15, 0.2) is 0 Å². The molecule has 1 atom stereocenters. The van der Waals surface area contributed by atoms with Crippen molar-refractivity contribution in [2.24, 2.45) is 11.7 Å². The van der Waals surface area contributed by atoms with E-state index in [1.165, 1.54) is 0 Å². The van der Waals surface area contributed by atoms with E-state index >= 15 is 0 Å². The summed E-state index contributed by atoms with van der Waals surface area (Å²) in [6.45, 7) is 2.11. The van der Waals surface area contributed by atoms with Crippen LogP contribution in [0, 0.1) is 5.92 Å². The predicted octanol–water partition coefficient (Wildman–Crippen LogP) is 1.70. The highest BCUT2D eigenvalue weighted by atomic mass is 16.5. The molecular weight excluding hydrogens is 228 g/mol. The normalized spacial score (nSPS) is 18.4. The third-order valence-corrected chi connectivity index (χ3v) is 3.65. The summed E-state index contributed by atoms with van der Waals surface area (Å²) in [7, 11) is 3.32. The van der Waals surface area contributed by atoms with Gasteiger partial charge in [0.05, 0.1) is 14.2 Å². The third kappa shape index (κ3) is 2.94. The Morgan fingerprint density at radius 1 is 1.11 bits per heavy atom. The van der Waals surface area contributed by atoms with E-state index in [9.17, 15) is 0 Å². The molecule has 0 amide bonds. The van der Waals surface area contributed by atoms with Crippen LogP contribution in [0.4, 0.5) is 0 Å². The smallest absolute Gasteiger partial charge is 0.122 e. The minimum atomic E-state index is 0.0519. The Labute approximate surface area is 108 Å². The molecule has 0 aromatic heterocycles. The fourth-order valence-electron chi connectivity index (χ4n) is 2.50. The molecule has 2 rings (SSSR count). The molecule has 0 spiro atoms. The average Bonchev–Trinajstić information content (AvgIpc) is 2.46. The van der Waals surface area contributed by atoms with Crippen LogP contribution in [-0.2, 0) is 0 Å². The zero-order valence-corrected chi connectivity index (χ0v) is 11.1. The maximum absolute atomic E-state index is 6.38. The van der Waals surface area contributed by atoms with Gasteiger partial charge in [0, 0.05) is 12.1 Å². The van der Waals surface area contributed by atoms with Gasteiger partial charge < -0.3 is 20.5 Å². The van der Waals surface area contributed by atoms with Crippen LogP contribution >= 0.6 is 0 Å². The number of ether oxygens (including phenoxy) is 2. The zero-order valence-electron chi connectivity index (χ0n) is 11.1. The van der Waals surface area contributed by atoms with E-state index in [4.69, 9.17) is 15.2 Å². The van der Waals surface area contributed by atoms with Crippen LogP contribution in [0.25, 0.3) is 0 Å². The third-order valence-electron chi connectivity index (χ3n) is 3.65. The second-order valence-corrected chi connectivity index (χ2v) is 4.76. The lowest BCUT2D eigenvalue weighted by atomic mass is 9.86. The fraction of sp³-hybridized carbons (Fsp3) is 0.571. The first-order valence-electron chi connectivity index (χ1n) is 6.44. The van der Waals surface area contributed by atoms with E-state index in [1.807, 2.05) is 18.2 Å². The number of rotatable bonds is 4. The molecule has 1 aliphatic heterocycles. The number of nitrogens with two attached hydrogens (primary N) is 1. The molecule has 1 saturated heterocycles. The highest BCUT2D eigenvalue weighted by molar-refractivity contribution is 5.40. The van der Waals surface area contributed by atoms with Gasteiger partial charge in [-0.25, -0.2) is 0 Å². The number of hydrogen-bond donors (Lipinski definition) is 2. The molecule has 1 aromatic rings. The Kier molecular flexibility index (Phi) is 4.44. The van der Waals surface area contributed by atoms with Gasteiger partial charge in [-0.3, -0.25) is 0 Å². The van der Waals surface area contributed by atoms with E-state index in [0.717, 1.165) is 43.0 Å². The molecule has 0 bridgehead atoms. The van der Waals surface area contributed by atoms with Gasteiger partial charge in [-0.2, -0.15) is 0 Å². The molecule has 1 aliphatic rings. The first-order chi connectivity index (χ1) is 8.74. The van der Waals surface area contributed by atoms with E-state index < -0.39 is 0 Å². The van der Waals surface area contributed by atoms with Crippen LogP contribution in [0.2, 0.25) is 0 Å². The van der Waals surface area contributed by atoms with Crippen molar-refractivity contribution in [3.8, 4) is 11.5 Å². The van der Waals surface area contributed by atoms with Crippen molar-refractivity contribution in [3.05, 3.63) is 23.8 Å². The van der Waals surface area contributed by atoms with Crippen LogP contribution < -0.4 is 20.5 Å². The SMILES string of the molecule is COc1cc(OC)cc([C@H](N)C2CCNCC2)c1. The summed E-state index contributed by atoms with van der Waals surface area (Å²) in [6, 6.07) is 5.94. The van der Waals surface area contributed by atoms with Crippen molar-refractivity contribution in [3.63, 3.8) is 0 Å². The Bertz CT molecular complexity index is 367. The summed E-state index contributed by atoms with van der Waals surface area (Å²) >= 11 is 0.